The first-order chi connectivity index (χ1) is 14.0. The Balaban J connectivity index is 1.74. The Bertz CT molecular complexity index is 1190. The van der Waals surface area contributed by atoms with E-state index in [4.69, 9.17) is 0 Å². The molecule has 7 heteroatoms. The average Bonchev–Trinajstić information content (AvgIpc) is 3.21. The first-order valence-corrected chi connectivity index (χ1v) is 9.70. The minimum Gasteiger partial charge on any atom is -0.319 e. The quantitative estimate of drug-likeness (QED) is 0.563. The summed E-state index contributed by atoms with van der Waals surface area (Å²) in [6, 6.07) is 11.9. The van der Waals surface area contributed by atoms with Crippen molar-refractivity contribution in [1.82, 2.24) is 24.5 Å². The number of carbonyl (C=O) groups excluding carboxylic acids is 1. The highest BCUT2D eigenvalue weighted by molar-refractivity contribution is 6.12. The van der Waals surface area contributed by atoms with Crippen LogP contribution in [0, 0.1) is 20.8 Å². The summed E-state index contributed by atoms with van der Waals surface area (Å²) in [7, 11) is 0. The lowest BCUT2D eigenvalue weighted by molar-refractivity contribution is 0.102. The van der Waals surface area contributed by atoms with Gasteiger partial charge in [-0.25, -0.2) is 9.67 Å². The Morgan fingerprint density at radius 2 is 1.83 bits per heavy atom. The average molecular weight is 388 g/mol. The van der Waals surface area contributed by atoms with E-state index in [9.17, 15) is 4.79 Å². The summed E-state index contributed by atoms with van der Waals surface area (Å²) in [5.41, 5.74) is 5.50. The molecule has 0 saturated heterocycles. The molecule has 0 saturated carbocycles. The Morgan fingerprint density at radius 1 is 1.07 bits per heavy atom. The molecule has 0 aliphatic heterocycles. The third-order valence-electron chi connectivity index (χ3n) is 4.94. The van der Waals surface area contributed by atoms with E-state index in [0.29, 0.717) is 17.8 Å². The number of nitrogens with one attached hydrogen (secondary N) is 1. The van der Waals surface area contributed by atoms with Gasteiger partial charge in [-0.1, -0.05) is 30.3 Å². The predicted octanol–water partition coefficient (Wildman–Crippen LogP) is 3.87. The molecule has 1 N–H and O–H groups in total. The Hall–Kier alpha value is -3.48. The van der Waals surface area contributed by atoms with E-state index in [1.807, 2.05) is 67.5 Å². The highest BCUT2D eigenvalue weighted by Gasteiger charge is 2.20. The smallest absolute Gasteiger partial charge is 0.256 e. The van der Waals surface area contributed by atoms with Gasteiger partial charge in [-0.3, -0.25) is 9.48 Å². The number of aromatic nitrogens is 5. The first kappa shape index (κ1) is 18.9. The van der Waals surface area contributed by atoms with Crippen LogP contribution in [0.25, 0.3) is 11.0 Å². The molecule has 3 aromatic heterocycles. The zero-order valence-electron chi connectivity index (χ0n) is 17.1. The fourth-order valence-electron chi connectivity index (χ4n) is 3.52. The van der Waals surface area contributed by atoms with Gasteiger partial charge in [0.1, 0.15) is 0 Å². The van der Waals surface area contributed by atoms with Gasteiger partial charge in [0.15, 0.2) is 5.65 Å². The van der Waals surface area contributed by atoms with Crippen molar-refractivity contribution in [3.05, 3.63) is 70.8 Å². The number of nitrogens with zero attached hydrogens (tertiary/aromatic N) is 5. The second kappa shape index (κ2) is 7.50. The maximum atomic E-state index is 13.1. The molecule has 0 spiro atoms. The normalized spacial score (nSPS) is 11.2. The number of hydrogen-bond acceptors (Lipinski definition) is 4. The minimum absolute atomic E-state index is 0.179. The topological polar surface area (TPSA) is 77.6 Å². The summed E-state index contributed by atoms with van der Waals surface area (Å²) >= 11 is 0. The van der Waals surface area contributed by atoms with E-state index in [1.165, 1.54) is 0 Å². The molecule has 0 aliphatic rings. The van der Waals surface area contributed by atoms with Crippen LogP contribution in [0.15, 0.2) is 42.6 Å². The van der Waals surface area contributed by atoms with Gasteiger partial charge in [0, 0.05) is 18.4 Å². The van der Waals surface area contributed by atoms with Crippen LogP contribution in [0.2, 0.25) is 0 Å². The predicted molar refractivity (Wildman–Crippen MR) is 113 cm³/mol. The first-order valence-electron chi connectivity index (χ1n) is 9.70. The summed E-state index contributed by atoms with van der Waals surface area (Å²) in [4.78, 5) is 17.8. The SMILES string of the molecule is CCn1cc(NC(=O)c2cc(C)nc3c2c(C)nn3Cc2ccccc2)c(C)n1. The van der Waals surface area contributed by atoms with Gasteiger partial charge in [0.05, 0.1) is 34.6 Å². The van der Waals surface area contributed by atoms with Crippen molar-refractivity contribution in [2.24, 2.45) is 0 Å². The second-order valence-electron chi connectivity index (χ2n) is 7.18. The van der Waals surface area contributed by atoms with Crippen LogP contribution in [-0.2, 0) is 13.1 Å². The molecule has 0 radical (unpaired) electrons. The van der Waals surface area contributed by atoms with E-state index in [-0.39, 0.29) is 5.91 Å². The van der Waals surface area contributed by atoms with Crippen molar-refractivity contribution in [3.8, 4) is 0 Å². The van der Waals surface area contributed by atoms with Crippen LogP contribution >= 0.6 is 0 Å². The van der Waals surface area contributed by atoms with Crippen LogP contribution in [0.1, 0.15) is 39.9 Å². The summed E-state index contributed by atoms with van der Waals surface area (Å²) in [6.45, 7) is 9.06. The molecule has 148 valence electrons. The number of pyridine rings is 1. The van der Waals surface area contributed by atoms with Crippen LogP contribution in [-0.4, -0.2) is 30.5 Å². The number of rotatable bonds is 5. The van der Waals surface area contributed by atoms with E-state index < -0.39 is 0 Å². The number of hydrogen-bond donors (Lipinski definition) is 1. The van der Waals surface area contributed by atoms with Gasteiger partial charge < -0.3 is 5.32 Å². The lowest BCUT2D eigenvalue weighted by Crippen LogP contribution is -2.14. The Kier molecular flexibility index (Phi) is 4.88. The fraction of sp³-hybridized carbons (Fsp3) is 0.273. The van der Waals surface area contributed by atoms with Gasteiger partial charge in [-0.2, -0.15) is 10.2 Å². The summed E-state index contributed by atoms with van der Waals surface area (Å²) in [5, 5.41) is 12.8. The lowest BCUT2D eigenvalue weighted by atomic mass is 10.1. The van der Waals surface area contributed by atoms with Crippen molar-refractivity contribution in [3.63, 3.8) is 0 Å². The molecule has 0 aliphatic carbocycles. The molecule has 0 unspecified atom stereocenters. The number of aryl methyl sites for hydroxylation is 4. The molecular formula is C22H24N6O. The van der Waals surface area contributed by atoms with Crippen molar-refractivity contribution in [1.29, 1.82) is 0 Å². The summed E-state index contributed by atoms with van der Waals surface area (Å²) < 4.78 is 3.67. The summed E-state index contributed by atoms with van der Waals surface area (Å²) in [6.07, 6.45) is 1.85. The fourth-order valence-corrected chi connectivity index (χ4v) is 3.52. The molecule has 4 aromatic rings. The molecule has 0 fully saturated rings. The molecule has 29 heavy (non-hydrogen) atoms. The van der Waals surface area contributed by atoms with Crippen LogP contribution in [0.5, 0.6) is 0 Å². The molecule has 4 rings (SSSR count). The van der Waals surface area contributed by atoms with Gasteiger partial charge >= 0.3 is 0 Å². The van der Waals surface area contributed by atoms with Crippen molar-refractivity contribution < 1.29 is 4.79 Å². The molecule has 0 bridgehead atoms. The van der Waals surface area contributed by atoms with Crippen LogP contribution in [0.3, 0.4) is 0 Å². The molecule has 1 aromatic carbocycles. The lowest BCUT2D eigenvalue weighted by Gasteiger charge is -2.08. The van der Waals surface area contributed by atoms with E-state index in [2.05, 4.69) is 32.6 Å². The van der Waals surface area contributed by atoms with Crippen molar-refractivity contribution in [2.45, 2.75) is 40.8 Å². The Labute approximate surface area is 169 Å². The van der Waals surface area contributed by atoms with Gasteiger partial charge in [0.2, 0.25) is 0 Å². The van der Waals surface area contributed by atoms with Crippen LogP contribution < -0.4 is 5.32 Å². The standard InChI is InChI=1S/C22H24N6O/c1-5-27-13-19(15(3)25-27)24-22(29)18-11-14(2)23-21-20(18)16(4)26-28(21)12-17-9-7-6-8-10-17/h6-11,13H,5,12H2,1-4H3,(H,24,29). The van der Waals surface area contributed by atoms with Gasteiger partial charge in [0.25, 0.3) is 5.91 Å². The molecule has 7 nitrogen and oxygen atoms in total. The second-order valence-corrected chi connectivity index (χ2v) is 7.18. The van der Waals surface area contributed by atoms with E-state index >= 15 is 0 Å². The van der Waals surface area contributed by atoms with E-state index in [0.717, 1.165) is 40.2 Å². The van der Waals surface area contributed by atoms with Crippen molar-refractivity contribution in [2.75, 3.05) is 5.32 Å². The van der Waals surface area contributed by atoms with Gasteiger partial charge in [-0.15, -0.1) is 0 Å². The monoisotopic (exact) mass is 388 g/mol. The van der Waals surface area contributed by atoms with Crippen LogP contribution in [0.4, 0.5) is 5.69 Å². The summed E-state index contributed by atoms with van der Waals surface area (Å²) in [5.74, 6) is -0.179. The number of carbonyl (C=O) groups is 1. The maximum Gasteiger partial charge on any atom is 0.256 e. The third-order valence-corrected chi connectivity index (χ3v) is 4.94. The molecule has 0 atom stereocenters. The number of anilines is 1. The minimum atomic E-state index is -0.179. The third kappa shape index (κ3) is 3.63. The molecule has 3 heterocycles. The maximum absolute atomic E-state index is 13.1. The zero-order valence-corrected chi connectivity index (χ0v) is 17.1. The largest absolute Gasteiger partial charge is 0.319 e. The Morgan fingerprint density at radius 3 is 2.52 bits per heavy atom. The van der Waals surface area contributed by atoms with Crippen molar-refractivity contribution >= 4 is 22.6 Å². The number of amides is 1. The van der Waals surface area contributed by atoms with Gasteiger partial charge in [-0.05, 0) is 39.3 Å². The molecular weight excluding hydrogens is 364 g/mol. The molecule has 1 amide bonds. The zero-order chi connectivity index (χ0) is 20.5. The van der Waals surface area contributed by atoms with E-state index in [1.54, 1.807) is 0 Å². The highest BCUT2D eigenvalue weighted by atomic mass is 16.1. The highest BCUT2D eigenvalue weighted by Crippen LogP contribution is 2.24. The number of fused-ring (bicyclic) bond motifs is 1. The number of benzene rings is 1.